The van der Waals surface area contributed by atoms with Gasteiger partial charge in [0.05, 0.1) is 0 Å². The summed E-state index contributed by atoms with van der Waals surface area (Å²) in [5, 5.41) is 7.89. The van der Waals surface area contributed by atoms with Gasteiger partial charge in [-0.2, -0.15) is 0 Å². The first kappa shape index (κ1) is 13.6. The lowest BCUT2D eigenvalue weighted by atomic mass is 10.2. The quantitative estimate of drug-likeness (QED) is 0.801. The van der Waals surface area contributed by atoms with Crippen LogP contribution in [0.2, 0.25) is 0 Å². The minimum atomic E-state index is -0.309. The van der Waals surface area contributed by atoms with Crippen LogP contribution in [0.1, 0.15) is 10.4 Å². The van der Waals surface area contributed by atoms with E-state index in [0.717, 1.165) is 0 Å². The van der Waals surface area contributed by atoms with Crippen LogP contribution in [0.25, 0.3) is 0 Å². The molecule has 0 aliphatic heterocycles. The zero-order valence-corrected chi connectivity index (χ0v) is 11.0. The molecule has 3 N–H and O–H groups in total. The second kappa shape index (κ2) is 6.38. The number of hydrogen-bond donors (Lipinski definition) is 3. The maximum absolute atomic E-state index is 12.0. The predicted molar refractivity (Wildman–Crippen MR) is 78.9 cm³/mol. The number of urea groups is 1. The maximum Gasteiger partial charge on any atom is 0.318 e. The van der Waals surface area contributed by atoms with Gasteiger partial charge in [-0.25, -0.2) is 4.79 Å². The summed E-state index contributed by atoms with van der Waals surface area (Å²) in [5.41, 5.74) is 1.81. The van der Waals surface area contributed by atoms with Crippen molar-refractivity contribution in [2.24, 2.45) is 0 Å². The molecule has 102 valence electrons. The Morgan fingerprint density at radius 1 is 0.850 bits per heavy atom. The van der Waals surface area contributed by atoms with E-state index in [1.54, 1.807) is 48.5 Å². The third-order valence-electron chi connectivity index (χ3n) is 2.64. The fraction of sp³-hybridized carbons (Fsp3) is 0.0667. The first-order chi connectivity index (χ1) is 9.69. The number of rotatable bonds is 3. The Labute approximate surface area is 117 Å². The van der Waals surface area contributed by atoms with Crippen molar-refractivity contribution >= 4 is 23.3 Å². The topological polar surface area (TPSA) is 70.2 Å². The van der Waals surface area contributed by atoms with Gasteiger partial charge < -0.3 is 16.0 Å². The molecular weight excluding hydrogens is 254 g/mol. The van der Waals surface area contributed by atoms with Crippen LogP contribution in [0.4, 0.5) is 16.2 Å². The molecule has 0 atom stereocenters. The lowest BCUT2D eigenvalue weighted by Crippen LogP contribution is -2.24. The molecule has 0 spiro atoms. The number of nitrogens with one attached hydrogen (secondary N) is 3. The van der Waals surface area contributed by atoms with Gasteiger partial charge in [-0.3, -0.25) is 4.79 Å². The molecule has 0 unspecified atom stereocenters. The largest absolute Gasteiger partial charge is 0.341 e. The van der Waals surface area contributed by atoms with E-state index >= 15 is 0 Å². The Kier molecular flexibility index (Phi) is 4.34. The third-order valence-corrected chi connectivity index (χ3v) is 2.64. The zero-order valence-electron chi connectivity index (χ0n) is 11.0. The van der Waals surface area contributed by atoms with Crippen molar-refractivity contribution in [3.63, 3.8) is 0 Å². The summed E-state index contributed by atoms with van der Waals surface area (Å²) < 4.78 is 0. The van der Waals surface area contributed by atoms with Crippen LogP contribution < -0.4 is 16.0 Å². The summed E-state index contributed by atoms with van der Waals surface area (Å²) in [4.78, 5) is 23.2. The van der Waals surface area contributed by atoms with E-state index in [9.17, 15) is 9.59 Å². The molecule has 0 saturated carbocycles. The Hall–Kier alpha value is -2.82. The zero-order chi connectivity index (χ0) is 14.4. The molecule has 2 aromatic rings. The van der Waals surface area contributed by atoms with Crippen molar-refractivity contribution < 1.29 is 9.59 Å². The third kappa shape index (κ3) is 3.58. The minimum Gasteiger partial charge on any atom is -0.341 e. The SMILES string of the molecule is CNC(=O)Nc1cccc(NC(=O)c2ccccc2)c1. The smallest absolute Gasteiger partial charge is 0.318 e. The van der Waals surface area contributed by atoms with Crippen molar-refractivity contribution in [2.75, 3.05) is 17.7 Å². The van der Waals surface area contributed by atoms with Gasteiger partial charge in [-0.15, -0.1) is 0 Å². The number of benzene rings is 2. The van der Waals surface area contributed by atoms with Crippen LogP contribution in [0.3, 0.4) is 0 Å². The van der Waals surface area contributed by atoms with Gasteiger partial charge in [0.25, 0.3) is 5.91 Å². The predicted octanol–water partition coefficient (Wildman–Crippen LogP) is 2.69. The van der Waals surface area contributed by atoms with Gasteiger partial charge in [-0.1, -0.05) is 24.3 Å². The van der Waals surface area contributed by atoms with Crippen LogP contribution in [0.15, 0.2) is 54.6 Å². The lowest BCUT2D eigenvalue weighted by Gasteiger charge is -2.08. The molecule has 0 heterocycles. The summed E-state index contributed by atoms with van der Waals surface area (Å²) >= 11 is 0. The molecule has 3 amide bonds. The molecule has 5 nitrogen and oxygen atoms in total. The van der Waals surface area contributed by atoms with Crippen LogP contribution >= 0.6 is 0 Å². The fourth-order valence-corrected chi connectivity index (χ4v) is 1.66. The van der Waals surface area contributed by atoms with Crippen LogP contribution in [-0.2, 0) is 0 Å². The number of carbonyl (C=O) groups excluding carboxylic acids is 2. The molecule has 0 aliphatic carbocycles. The van der Waals surface area contributed by atoms with Crippen LogP contribution in [0.5, 0.6) is 0 Å². The van der Waals surface area contributed by atoms with Crippen molar-refractivity contribution in [3.05, 3.63) is 60.2 Å². The Balaban J connectivity index is 2.08. The summed E-state index contributed by atoms with van der Waals surface area (Å²) in [7, 11) is 1.54. The van der Waals surface area contributed by atoms with Crippen molar-refractivity contribution in [3.8, 4) is 0 Å². The number of carbonyl (C=O) groups is 2. The molecular formula is C15H15N3O2. The molecule has 0 bridgehead atoms. The number of anilines is 2. The Bertz CT molecular complexity index is 612. The highest BCUT2D eigenvalue weighted by molar-refractivity contribution is 6.04. The van der Waals surface area contributed by atoms with E-state index in [1.165, 1.54) is 7.05 Å². The average molecular weight is 269 g/mol. The summed E-state index contributed by atoms with van der Waals surface area (Å²) in [6.07, 6.45) is 0. The molecule has 0 fully saturated rings. The summed E-state index contributed by atoms with van der Waals surface area (Å²) in [6.45, 7) is 0. The number of amides is 3. The first-order valence-corrected chi connectivity index (χ1v) is 6.14. The second-order valence-corrected chi connectivity index (χ2v) is 4.11. The monoisotopic (exact) mass is 269 g/mol. The minimum absolute atomic E-state index is 0.192. The molecule has 2 rings (SSSR count). The van der Waals surface area contributed by atoms with Crippen LogP contribution in [0, 0.1) is 0 Å². The van der Waals surface area contributed by atoms with Crippen molar-refractivity contribution in [1.82, 2.24) is 5.32 Å². The summed E-state index contributed by atoms with van der Waals surface area (Å²) in [5.74, 6) is -0.192. The molecule has 20 heavy (non-hydrogen) atoms. The van der Waals surface area contributed by atoms with E-state index in [-0.39, 0.29) is 11.9 Å². The van der Waals surface area contributed by atoms with Gasteiger partial charge in [0, 0.05) is 24.0 Å². The standard InChI is InChI=1S/C15H15N3O2/c1-16-15(20)18-13-9-5-8-12(10-13)17-14(19)11-6-3-2-4-7-11/h2-10H,1H3,(H,17,19)(H2,16,18,20). The fourth-order valence-electron chi connectivity index (χ4n) is 1.66. The summed E-state index contributed by atoms with van der Waals surface area (Å²) in [6, 6.07) is 15.6. The van der Waals surface area contributed by atoms with Crippen molar-refractivity contribution in [2.45, 2.75) is 0 Å². The average Bonchev–Trinajstić information content (AvgIpc) is 2.48. The van der Waals surface area contributed by atoms with E-state index < -0.39 is 0 Å². The van der Waals surface area contributed by atoms with Gasteiger partial charge >= 0.3 is 6.03 Å². The Morgan fingerprint density at radius 3 is 2.15 bits per heavy atom. The van der Waals surface area contributed by atoms with Gasteiger partial charge in [0.2, 0.25) is 0 Å². The highest BCUT2D eigenvalue weighted by atomic mass is 16.2. The van der Waals surface area contributed by atoms with Gasteiger partial charge in [-0.05, 0) is 30.3 Å². The molecule has 5 heteroatoms. The molecule has 0 aliphatic rings. The molecule has 0 aromatic heterocycles. The van der Waals surface area contributed by atoms with Crippen molar-refractivity contribution in [1.29, 1.82) is 0 Å². The van der Waals surface area contributed by atoms with Gasteiger partial charge in [0.1, 0.15) is 0 Å². The van der Waals surface area contributed by atoms with E-state index in [0.29, 0.717) is 16.9 Å². The van der Waals surface area contributed by atoms with Gasteiger partial charge in [0.15, 0.2) is 0 Å². The second-order valence-electron chi connectivity index (χ2n) is 4.11. The molecule has 2 aromatic carbocycles. The van der Waals surface area contributed by atoms with E-state index in [1.807, 2.05) is 6.07 Å². The van der Waals surface area contributed by atoms with E-state index in [4.69, 9.17) is 0 Å². The first-order valence-electron chi connectivity index (χ1n) is 6.14. The maximum atomic E-state index is 12.0. The molecule has 0 saturated heterocycles. The van der Waals surface area contributed by atoms with Crippen LogP contribution in [-0.4, -0.2) is 19.0 Å². The van der Waals surface area contributed by atoms with E-state index in [2.05, 4.69) is 16.0 Å². The number of hydrogen-bond acceptors (Lipinski definition) is 2. The molecule has 0 radical (unpaired) electrons. The lowest BCUT2D eigenvalue weighted by molar-refractivity contribution is 0.102. The Morgan fingerprint density at radius 2 is 1.50 bits per heavy atom. The normalized spacial score (nSPS) is 9.65. The highest BCUT2D eigenvalue weighted by Gasteiger charge is 2.06. The highest BCUT2D eigenvalue weighted by Crippen LogP contribution is 2.16.